The van der Waals surface area contributed by atoms with Gasteiger partial charge in [0.1, 0.15) is 0 Å². The van der Waals surface area contributed by atoms with E-state index in [0.29, 0.717) is 12.2 Å². The molecule has 2 aromatic heterocycles. The van der Waals surface area contributed by atoms with Crippen molar-refractivity contribution < 1.29 is 0 Å². The Morgan fingerprint density at radius 3 is 2.41 bits per heavy atom. The maximum absolute atomic E-state index is 12.3. The van der Waals surface area contributed by atoms with Crippen molar-refractivity contribution >= 4 is 35.3 Å². The van der Waals surface area contributed by atoms with Crippen molar-refractivity contribution in [2.24, 2.45) is 0 Å². The predicted molar refractivity (Wildman–Crippen MR) is 111 cm³/mol. The molecule has 1 aromatic carbocycles. The molecule has 1 fully saturated rings. The van der Waals surface area contributed by atoms with Crippen LogP contribution in [-0.4, -0.2) is 51.8 Å². The summed E-state index contributed by atoms with van der Waals surface area (Å²) in [4.78, 5) is 17.1. The molecule has 0 N–H and O–H groups in total. The first-order valence-corrected chi connectivity index (χ1v) is 9.35. The number of pyridine rings is 1. The Bertz CT molecular complexity index is 929. The van der Waals surface area contributed by atoms with Gasteiger partial charge in [-0.05, 0) is 42.8 Å². The Hall–Kier alpha value is -2.02. The smallest absolute Gasteiger partial charge is 0.350 e. The van der Waals surface area contributed by atoms with E-state index in [-0.39, 0.29) is 18.1 Å². The molecule has 0 saturated carbocycles. The van der Waals surface area contributed by atoms with Gasteiger partial charge in [0.25, 0.3) is 0 Å². The summed E-state index contributed by atoms with van der Waals surface area (Å²) < 4.78 is 3.16. The van der Waals surface area contributed by atoms with Crippen molar-refractivity contribution in [3.63, 3.8) is 0 Å². The lowest BCUT2D eigenvalue weighted by Crippen LogP contribution is -2.46. The van der Waals surface area contributed by atoms with Crippen molar-refractivity contribution in [3.05, 3.63) is 64.2 Å². The SMILES string of the molecule is Cl.O=c1n(CCCN2CCN(c3ccc(Cl)cc3)CC2)nc2ccccn12. The van der Waals surface area contributed by atoms with Crippen LogP contribution >= 0.6 is 24.0 Å². The van der Waals surface area contributed by atoms with Gasteiger partial charge >= 0.3 is 5.69 Å². The quantitative estimate of drug-likeness (QED) is 0.652. The molecule has 144 valence electrons. The van der Waals surface area contributed by atoms with Gasteiger partial charge in [0.2, 0.25) is 0 Å². The van der Waals surface area contributed by atoms with Gasteiger partial charge in [-0.1, -0.05) is 17.7 Å². The molecule has 8 heteroatoms. The monoisotopic (exact) mass is 407 g/mol. The van der Waals surface area contributed by atoms with Crippen LogP contribution in [0.2, 0.25) is 5.02 Å². The summed E-state index contributed by atoms with van der Waals surface area (Å²) in [5.74, 6) is 0. The van der Waals surface area contributed by atoms with Crippen LogP contribution < -0.4 is 10.6 Å². The van der Waals surface area contributed by atoms with Crippen LogP contribution in [0.25, 0.3) is 5.65 Å². The lowest BCUT2D eigenvalue weighted by atomic mass is 10.2. The number of piperazine rings is 1. The minimum atomic E-state index is -0.0619. The summed E-state index contributed by atoms with van der Waals surface area (Å²) in [6.45, 7) is 5.71. The van der Waals surface area contributed by atoms with E-state index in [2.05, 4.69) is 27.0 Å². The number of anilines is 1. The van der Waals surface area contributed by atoms with Gasteiger partial charge in [0.05, 0.1) is 0 Å². The summed E-state index contributed by atoms with van der Waals surface area (Å²) in [5, 5.41) is 5.16. The highest BCUT2D eigenvalue weighted by molar-refractivity contribution is 6.30. The highest BCUT2D eigenvalue weighted by Crippen LogP contribution is 2.19. The average molecular weight is 408 g/mol. The zero-order valence-electron chi connectivity index (χ0n) is 15.0. The summed E-state index contributed by atoms with van der Waals surface area (Å²) in [5.41, 5.74) is 1.87. The van der Waals surface area contributed by atoms with Gasteiger partial charge in [-0.25, -0.2) is 9.48 Å². The first kappa shape index (κ1) is 19.7. The van der Waals surface area contributed by atoms with Gasteiger partial charge in [0, 0.05) is 56.2 Å². The fraction of sp³-hybridized carbons (Fsp3) is 0.368. The van der Waals surface area contributed by atoms with Crippen LogP contribution in [0.5, 0.6) is 0 Å². The van der Waals surface area contributed by atoms with E-state index in [0.717, 1.165) is 44.2 Å². The molecule has 27 heavy (non-hydrogen) atoms. The second-order valence-electron chi connectivity index (χ2n) is 6.59. The molecule has 0 aliphatic carbocycles. The number of hydrogen-bond donors (Lipinski definition) is 0. The molecular weight excluding hydrogens is 385 g/mol. The summed E-state index contributed by atoms with van der Waals surface area (Å²) >= 11 is 5.96. The molecule has 4 rings (SSSR count). The molecule has 0 amide bonds. The fourth-order valence-corrected chi connectivity index (χ4v) is 3.57. The van der Waals surface area contributed by atoms with Crippen molar-refractivity contribution in [1.29, 1.82) is 0 Å². The van der Waals surface area contributed by atoms with Crippen molar-refractivity contribution in [1.82, 2.24) is 19.1 Å². The Morgan fingerprint density at radius 1 is 0.963 bits per heavy atom. The number of aromatic nitrogens is 3. The molecular formula is C19H23Cl2N5O. The number of halogens is 2. The summed E-state index contributed by atoms with van der Waals surface area (Å²) in [7, 11) is 0. The molecule has 0 unspecified atom stereocenters. The van der Waals surface area contributed by atoms with Crippen LogP contribution in [-0.2, 0) is 6.54 Å². The third-order valence-electron chi connectivity index (χ3n) is 4.90. The Balaban J connectivity index is 0.00000210. The van der Waals surface area contributed by atoms with Gasteiger partial charge in [0.15, 0.2) is 5.65 Å². The van der Waals surface area contributed by atoms with E-state index < -0.39 is 0 Å². The van der Waals surface area contributed by atoms with Gasteiger partial charge < -0.3 is 4.90 Å². The molecule has 3 heterocycles. The normalized spacial score (nSPS) is 15.1. The highest BCUT2D eigenvalue weighted by atomic mass is 35.5. The fourth-order valence-electron chi connectivity index (χ4n) is 3.44. The zero-order chi connectivity index (χ0) is 17.9. The lowest BCUT2D eigenvalue weighted by Gasteiger charge is -2.36. The average Bonchev–Trinajstić information content (AvgIpc) is 2.99. The van der Waals surface area contributed by atoms with E-state index in [1.54, 1.807) is 15.3 Å². The molecule has 1 aliphatic rings. The number of nitrogens with zero attached hydrogens (tertiary/aromatic N) is 5. The topological polar surface area (TPSA) is 45.8 Å². The molecule has 0 radical (unpaired) electrons. The van der Waals surface area contributed by atoms with Crippen LogP contribution in [0.3, 0.4) is 0 Å². The van der Waals surface area contributed by atoms with Gasteiger partial charge in [-0.3, -0.25) is 9.30 Å². The maximum atomic E-state index is 12.3. The van der Waals surface area contributed by atoms with Gasteiger partial charge in [-0.15, -0.1) is 17.5 Å². The molecule has 0 bridgehead atoms. The van der Waals surface area contributed by atoms with E-state index in [1.165, 1.54) is 5.69 Å². The molecule has 0 spiro atoms. The number of hydrogen-bond acceptors (Lipinski definition) is 4. The summed E-state index contributed by atoms with van der Waals surface area (Å²) in [6, 6.07) is 13.6. The van der Waals surface area contributed by atoms with Gasteiger partial charge in [-0.2, -0.15) is 0 Å². The Labute approximate surface area is 169 Å². The number of benzene rings is 1. The van der Waals surface area contributed by atoms with E-state index in [1.807, 2.05) is 30.3 Å². The first-order valence-electron chi connectivity index (χ1n) is 8.98. The van der Waals surface area contributed by atoms with Crippen molar-refractivity contribution in [2.75, 3.05) is 37.6 Å². The van der Waals surface area contributed by atoms with E-state index in [9.17, 15) is 4.79 Å². The van der Waals surface area contributed by atoms with Crippen molar-refractivity contribution in [3.8, 4) is 0 Å². The molecule has 1 aliphatic heterocycles. The zero-order valence-corrected chi connectivity index (χ0v) is 16.6. The Kier molecular flexibility index (Phi) is 6.42. The van der Waals surface area contributed by atoms with Crippen LogP contribution in [0.1, 0.15) is 6.42 Å². The standard InChI is InChI=1S/C19H22ClN5O.ClH/c20-16-5-7-17(8-6-16)23-14-12-22(13-15-23)9-3-11-25-19(26)24-10-2-1-4-18(24)21-25;/h1-2,4-8,10H,3,9,11-15H2;1H. The second kappa shape index (κ2) is 8.78. The minimum absolute atomic E-state index is 0. The second-order valence-corrected chi connectivity index (χ2v) is 7.03. The van der Waals surface area contributed by atoms with Crippen LogP contribution in [0, 0.1) is 0 Å². The number of fused-ring (bicyclic) bond motifs is 1. The van der Waals surface area contributed by atoms with Crippen molar-refractivity contribution in [2.45, 2.75) is 13.0 Å². The van der Waals surface area contributed by atoms with Crippen LogP contribution in [0.15, 0.2) is 53.5 Å². The predicted octanol–water partition coefficient (Wildman–Crippen LogP) is 2.78. The van der Waals surface area contributed by atoms with E-state index in [4.69, 9.17) is 11.6 Å². The highest BCUT2D eigenvalue weighted by Gasteiger charge is 2.17. The first-order chi connectivity index (χ1) is 12.7. The maximum Gasteiger partial charge on any atom is 0.350 e. The Morgan fingerprint density at radius 2 is 1.70 bits per heavy atom. The summed E-state index contributed by atoms with van der Waals surface area (Å²) in [6.07, 6.45) is 2.68. The third-order valence-corrected chi connectivity index (χ3v) is 5.15. The molecule has 1 saturated heterocycles. The lowest BCUT2D eigenvalue weighted by molar-refractivity contribution is 0.248. The van der Waals surface area contributed by atoms with E-state index >= 15 is 0 Å². The molecule has 0 atom stereocenters. The van der Waals surface area contributed by atoms with Crippen LogP contribution in [0.4, 0.5) is 5.69 Å². The third kappa shape index (κ3) is 4.46. The largest absolute Gasteiger partial charge is 0.369 e. The molecule has 6 nitrogen and oxygen atoms in total. The molecule has 3 aromatic rings. The number of rotatable bonds is 5. The minimum Gasteiger partial charge on any atom is -0.369 e. The number of aryl methyl sites for hydroxylation is 1.